The molecule has 6 nitrogen and oxygen atoms in total. The van der Waals surface area contributed by atoms with Gasteiger partial charge in [-0.2, -0.15) is 0 Å². The van der Waals surface area contributed by atoms with Crippen LogP contribution in [0.2, 0.25) is 0 Å². The normalized spacial score (nSPS) is 12.8. The van der Waals surface area contributed by atoms with Crippen molar-refractivity contribution in [1.82, 2.24) is 20.6 Å². The topological polar surface area (TPSA) is 76.1 Å². The lowest BCUT2D eigenvalue weighted by Gasteiger charge is -2.21. The van der Waals surface area contributed by atoms with Crippen molar-refractivity contribution in [1.29, 1.82) is 0 Å². The van der Waals surface area contributed by atoms with Gasteiger partial charge in [-0.3, -0.25) is 9.97 Å². The molecule has 1 aromatic rings. The number of aromatic nitrogens is 2. The number of alkyl carbamates (subject to hydrolysis) is 1. The molecule has 0 aliphatic rings. The molecule has 0 saturated heterocycles. The van der Waals surface area contributed by atoms with Crippen molar-refractivity contribution in [2.24, 2.45) is 0 Å². The number of amides is 1. The van der Waals surface area contributed by atoms with E-state index in [0.29, 0.717) is 13.1 Å². The third kappa shape index (κ3) is 7.35. The van der Waals surface area contributed by atoms with Gasteiger partial charge in [-0.15, -0.1) is 0 Å². The summed E-state index contributed by atoms with van der Waals surface area (Å²) in [5.41, 5.74) is 0.395. The molecule has 1 amide bonds. The van der Waals surface area contributed by atoms with Crippen LogP contribution in [0.4, 0.5) is 4.79 Å². The third-order valence-corrected chi connectivity index (χ3v) is 2.20. The first-order valence-electron chi connectivity index (χ1n) is 6.32. The van der Waals surface area contributed by atoms with Gasteiger partial charge in [-0.05, 0) is 27.7 Å². The summed E-state index contributed by atoms with van der Waals surface area (Å²) in [5, 5.41) is 5.96. The molecular weight excluding hydrogens is 244 g/mol. The summed E-state index contributed by atoms with van der Waals surface area (Å²) in [7, 11) is 0. The fraction of sp³-hybridized carbons (Fsp3) is 0.615. The smallest absolute Gasteiger partial charge is 0.407 e. The summed E-state index contributed by atoms with van der Waals surface area (Å²) in [4.78, 5) is 19.6. The Morgan fingerprint density at radius 3 is 2.74 bits per heavy atom. The Bertz CT molecular complexity index is 389. The van der Waals surface area contributed by atoms with Crippen LogP contribution in [0.25, 0.3) is 0 Å². The maximum atomic E-state index is 11.5. The highest BCUT2D eigenvalue weighted by atomic mass is 16.6. The van der Waals surface area contributed by atoms with Crippen molar-refractivity contribution in [3.8, 4) is 0 Å². The first-order valence-corrected chi connectivity index (χ1v) is 6.32. The van der Waals surface area contributed by atoms with Crippen molar-refractivity contribution in [2.75, 3.05) is 6.54 Å². The van der Waals surface area contributed by atoms with Crippen molar-refractivity contribution >= 4 is 6.09 Å². The Hall–Kier alpha value is -1.69. The van der Waals surface area contributed by atoms with E-state index in [-0.39, 0.29) is 6.04 Å². The van der Waals surface area contributed by atoms with Crippen LogP contribution in [0.5, 0.6) is 0 Å². The molecule has 1 heterocycles. The highest BCUT2D eigenvalue weighted by Gasteiger charge is 2.16. The van der Waals surface area contributed by atoms with E-state index < -0.39 is 11.7 Å². The Balaban J connectivity index is 2.21. The SMILES string of the molecule is CC(CNC(=O)OC(C)(C)C)NCc1cnccn1. The van der Waals surface area contributed by atoms with E-state index in [9.17, 15) is 4.79 Å². The third-order valence-electron chi connectivity index (χ3n) is 2.20. The molecule has 19 heavy (non-hydrogen) atoms. The van der Waals surface area contributed by atoms with Crippen LogP contribution < -0.4 is 10.6 Å². The first kappa shape index (κ1) is 15.4. The molecule has 0 radical (unpaired) electrons. The summed E-state index contributed by atoms with van der Waals surface area (Å²) >= 11 is 0. The Labute approximate surface area is 114 Å². The molecule has 0 spiro atoms. The molecular formula is C13H22N4O2. The standard InChI is InChI=1S/C13H22N4O2/c1-10(7-17-12(18)19-13(2,3)4)16-9-11-8-14-5-6-15-11/h5-6,8,10,16H,7,9H2,1-4H3,(H,17,18). The molecule has 2 N–H and O–H groups in total. The van der Waals surface area contributed by atoms with Crippen molar-refractivity contribution in [3.05, 3.63) is 24.3 Å². The summed E-state index contributed by atoms with van der Waals surface area (Å²) in [6.07, 6.45) is 4.60. The first-order chi connectivity index (χ1) is 8.87. The van der Waals surface area contributed by atoms with Gasteiger partial charge in [-0.25, -0.2) is 4.79 Å². The van der Waals surface area contributed by atoms with E-state index in [0.717, 1.165) is 5.69 Å². The number of rotatable bonds is 5. The number of carbonyl (C=O) groups excluding carboxylic acids is 1. The van der Waals surface area contributed by atoms with Gasteiger partial charge in [0.2, 0.25) is 0 Å². The molecule has 1 rings (SSSR count). The molecule has 6 heteroatoms. The maximum absolute atomic E-state index is 11.5. The monoisotopic (exact) mass is 266 g/mol. The van der Waals surface area contributed by atoms with Gasteiger partial charge in [-0.1, -0.05) is 0 Å². The number of nitrogens with zero attached hydrogens (tertiary/aromatic N) is 2. The van der Waals surface area contributed by atoms with E-state index in [1.165, 1.54) is 0 Å². The number of hydrogen-bond donors (Lipinski definition) is 2. The molecule has 0 aromatic carbocycles. The second kappa shape index (κ2) is 7.04. The fourth-order valence-corrected chi connectivity index (χ4v) is 1.32. The van der Waals surface area contributed by atoms with E-state index in [1.54, 1.807) is 18.6 Å². The van der Waals surface area contributed by atoms with E-state index in [2.05, 4.69) is 20.6 Å². The van der Waals surface area contributed by atoms with Gasteiger partial charge in [0.25, 0.3) is 0 Å². The van der Waals surface area contributed by atoms with Crippen LogP contribution in [-0.2, 0) is 11.3 Å². The average molecular weight is 266 g/mol. The van der Waals surface area contributed by atoms with E-state index in [4.69, 9.17) is 4.74 Å². The Kier molecular flexibility index (Phi) is 5.69. The highest BCUT2D eigenvalue weighted by Crippen LogP contribution is 2.06. The Morgan fingerprint density at radius 2 is 2.16 bits per heavy atom. The molecule has 0 saturated carbocycles. The lowest BCUT2D eigenvalue weighted by molar-refractivity contribution is 0.0523. The van der Waals surface area contributed by atoms with Crippen LogP contribution in [-0.4, -0.2) is 34.2 Å². The summed E-state index contributed by atoms with van der Waals surface area (Å²) < 4.78 is 5.15. The van der Waals surface area contributed by atoms with Crippen molar-refractivity contribution < 1.29 is 9.53 Å². The van der Waals surface area contributed by atoms with Crippen LogP contribution in [0, 0.1) is 0 Å². The van der Waals surface area contributed by atoms with Gasteiger partial charge in [0.1, 0.15) is 5.60 Å². The minimum atomic E-state index is -0.472. The Morgan fingerprint density at radius 1 is 1.42 bits per heavy atom. The molecule has 0 aliphatic heterocycles. The van der Waals surface area contributed by atoms with Gasteiger partial charge in [0, 0.05) is 37.7 Å². The average Bonchev–Trinajstić information content (AvgIpc) is 2.33. The second-order valence-electron chi connectivity index (χ2n) is 5.36. The zero-order valence-electron chi connectivity index (χ0n) is 11.9. The molecule has 0 aliphatic carbocycles. The predicted octanol–water partition coefficient (Wildman–Crippen LogP) is 1.48. The second-order valence-corrected chi connectivity index (χ2v) is 5.36. The summed E-state index contributed by atoms with van der Waals surface area (Å²) in [5.74, 6) is 0. The molecule has 0 fully saturated rings. The summed E-state index contributed by atoms with van der Waals surface area (Å²) in [6.45, 7) is 8.60. The molecule has 0 bridgehead atoms. The lowest BCUT2D eigenvalue weighted by Crippen LogP contribution is -2.41. The fourth-order valence-electron chi connectivity index (χ4n) is 1.32. The van der Waals surface area contributed by atoms with Gasteiger partial charge < -0.3 is 15.4 Å². The van der Waals surface area contributed by atoms with E-state index in [1.807, 2.05) is 27.7 Å². The van der Waals surface area contributed by atoms with Crippen LogP contribution in [0.15, 0.2) is 18.6 Å². The number of carbonyl (C=O) groups is 1. The zero-order valence-corrected chi connectivity index (χ0v) is 11.9. The zero-order chi connectivity index (χ0) is 14.3. The maximum Gasteiger partial charge on any atom is 0.407 e. The molecule has 1 atom stereocenters. The number of ether oxygens (including phenoxy) is 1. The van der Waals surface area contributed by atoms with Crippen LogP contribution >= 0.6 is 0 Å². The van der Waals surface area contributed by atoms with Crippen molar-refractivity contribution in [3.63, 3.8) is 0 Å². The number of hydrogen-bond acceptors (Lipinski definition) is 5. The van der Waals surface area contributed by atoms with Crippen LogP contribution in [0.3, 0.4) is 0 Å². The van der Waals surface area contributed by atoms with Gasteiger partial charge in [0.15, 0.2) is 0 Å². The van der Waals surface area contributed by atoms with Gasteiger partial charge >= 0.3 is 6.09 Å². The number of nitrogens with one attached hydrogen (secondary N) is 2. The van der Waals surface area contributed by atoms with Crippen LogP contribution in [0.1, 0.15) is 33.4 Å². The highest BCUT2D eigenvalue weighted by molar-refractivity contribution is 5.67. The molecule has 1 unspecified atom stereocenters. The minimum absolute atomic E-state index is 0.120. The predicted molar refractivity (Wildman–Crippen MR) is 72.6 cm³/mol. The van der Waals surface area contributed by atoms with Crippen molar-refractivity contribution in [2.45, 2.75) is 45.9 Å². The largest absolute Gasteiger partial charge is 0.444 e. The minimum Gasteiger partial charge on any atom is -0.444 e. The van der Waals surface area contributed by atoms with Gasteiger partial charge in [0.05, 0.1) is 5.69 Å². The van der Waals surface area contributed by atoms with E-state index >= 15 is 0 Å². The summed E-state index contributed by atoms with van der Waals surface area (Å²) in [6, 6.07) is 0.120. The molecule has 1 aromatic heterocycles. The molecule has 106 valence electrons. The quantitative estimate of drug-likeness (QED) is 0.844. The lowest BCUT2D eigenvalue weighted by atomic mass is 10.2.